The van der Waals surface area contributed by atoms with Gasteiger partial charge in [-0.15, -0.1) is 6.42 Å². The van der Waals surface area contributed by atoms with E-state index < -0.39 is 0 Å². The molecule has 17 heavy (non-hydrogen) atoms. The number of terminal acetylenes is 1. The van der Waals surface area contributed by atoms with Gasteiger partial charge in [-0.1, -0.05) is 56.5 Å². The summed E-state index contributed by atoms with van der Waals surface area (Å²) in [5.74, 6) is 2.63. The van der Waals surface area contributed by atoms with Crippen LogP contribution in [0.15, 0.2) is 30.3 Å². The Hall–Kier alpha value is -1.75. The normalized spacial score (nSPS) is 13.5. The Morgan fingerprint density at radius 3 is 2.59 bits per heavy atom. The van der Waals surface area contributed by atoms with E-state index in [9.17, 15) is 4.79 Å². The summed E-state index contributed by atoms with van der Waals surface area (Å²) in [5, 5.41) is 2.77. The van der Waals surface area contributed by atoms with Crippen molar-refractivity contribution in [2.24, 2.45) is 5.92 Å². The minimum atomic E-state index is -0.116. The highest BCUT2D eigenvalue weighted by Gasteiger charge is 2.25. The first-order chi connectivity index (χ1) is 8.20. The highest BCUT2D eigenvalue weighted by Crippen LogP contribution is 2.26. The SMILES string of the molecule is C#CCNC(=O)C(c1ccccc1)C(C)CC. The van der Waals surface area contributed by atoms with Crippen molar-refractivity contribution in [2.45, 2.75) is 26.2 Å². The van der Waals surface area contributed by atoms with Gasteiger partial charge < -0.3 is 5.32 Å². The van der Waals surface area contributed by atoms with Crippen molar-refractivity contribution < 1.29 is 4.79 Å². The average molecular weight is 229 g/mol. The first kappa shape index (κ1) is 13.3. The van der Waals surface area contributed by atoms with Crippen LogP contribution in [0.3, 0.4) is 0 Å². The number of benzene rings is 1. The molecule has 1 rings (SSSR count). The van der Waals surface area contributed by atoms with Gasteiger partial charge in [-0.2, -0.15) is 0 Å². The minimum absolute atomic E-state index is 0.0171. The van der Waals surface area contributed by atoms with Gasteiger partial charge in [0, 0.05) is 0 Å². The molecule has 0 aliphatic heterocycles. The van der Waals surface area contributed by atoms with Gasteiger partial charge in [0.25, 0.3) is 0 Å². The van der Waals surface area contributed by atoms with Crippen molar-refractivity contribution in [2.75, 3.05) is 6.54 Å². The second-order valence-electron chi connectivity index (χ2n) is 4.20. The van der Waals surface area contributed by atoms with Gasteiger partial charge >= 0.3 is 0 Å². The first-order valence-corrected chi connectivity index (χ1v) is 5.96. The van der Waals surface area contributed by atoms with Crippen molar-refractivity contribution in [3.8, 4) is 12.3 Å². The van der Waals surface area contributed by atoms with Crippen molar-refractivity contribution in [1.82, 2.24) is 5.32 Å². The van der Waals surface area contributed by atoms with E-state index in [1.807, 2.05) is 30.3 Å². The van der Waals surface area contributed by atoms with E-state index in [1.54, 1.807) is 0 Å². The molecule has 0 saturated heterocycles. The molecule has 0 fully saturated rings. The zero-order valence-electron chi connectivity index (χ0n) is 10.4. The summed E-state index contributed by atoms with van der Waals surface area (Å²) in [5.41, 5.74) is 1.05. The van der Waals surface area contributed by atoms with Crippen LogP contribution in [0.4, 0.5) is 0 Å². The molecule has 2 nitrogen and oxygen atoms in total. The number of hydrogen-bond acceptors (Lipinski definition) is 1. The fraction of sp³-hybridized carbons (Fsp3) is 0.400. The molecule has 2 heteroatoms. The second-order valence-corrected chi connectivity index (χ2v) is 4.20. The lowest BCUT2D eigenvalue weighted by Gasteiger charge is -2.22. The van der Waals surface area contributed by atoms with E-state index in [1.165, 1.54) is 0 Å². The van der Waals surface area contributed by atoms with Gasteiger partial charge in [0.2, 0.25) is 5.91 Å². The third-order valence-corrected chi connectivity index (χ3v) is 3.02. The molecular formula is C15H19NO. The fourth-order valence-corrected chi connectivity index (χ4v) is 1.88. The molecule has 0 saturated carbocycles. The minimum Gasteiger partial charge on any atom is -0.345 e. The van der Waals surface area contributed by atoms with Crippen LogP contribution in [-0.2, 0) is 4.79 Å². The van der Waals surface area contributed by atoms with E-state index in [2.05, 4.69) is 25.1 Å². The summed E-state index contributed by atoms with van der Waals surface area (Å²) in [6.45, 7) is 4.47. The van der Waals surface area contributed by atoms with Gasteiger partial charge in [-0.3, -0.25) is 4.79 Å². The van der Waals surface area contributed by atoms with Gasteiger partial charge in [0.05, 0.1) is 12.5 Å². The molecule has 1 amide bonds. The van der Waals surface area contributed by atoms with Gasteiger partial charge in [-0.25, -0.2) is 0 Å². The van der Waals surface area contributed by atoms with E-state index in [0.717, 1.165) is 12.0 Å². The Morgan fingerprint density at radius 1 is 1.41 bits per heavy atom. The predicted octanol–water partition coefficient (Wildman–Crippen LogP) is 2.57. The van der Waals surface area contributed by atoms with Crippen LogP contribution in [0.5, 0.6) is 0 Å². The molecule has 1 aromatic carbocycles. The smallest absolute Gasteiger partial charge is 0.228 e. The summed E-state index contributed by atoms with van der Waals surface area (Å²) in [4.78, 5) is 12.1. The predicted molar refractivity (Wildman–Crippen MR) is 70.5 cm³/mol. The molecule has 1 N–H and O–H groups in total. The zero-order chi connectivity index (χ0) is 12.7. The molecule has 0 aliphatic carbocycles. The maximum absolute atomic E-state index is 12.1. The summed E-state index contributed by atoms with van der Waals surface area (Å²) < 4.78 is 0. The van der Waals surface area contributed by atoms with Crippen LogP contribution in [0, 0.1) is 18.3 Å². The van der Waals surface area contributed by atoms with E-state index in [4.69, 9.17) is 6.42 Å². The number of nitrogens with one attached hydrogen (secondary N) is 1. The highest BCUT2D eigenvalue weighted by atomic mass is 16.1. The van der Waals surface area contributed by atoms with Crippen molar-refractivity contribution >= 4 is 5.91 Å². The fourth-order valence-electron chi connectivity index (χ4n) is 1.88. The van der Waals surface area contributed by atoms with E-state index in [-0.39, 0.29) is 11.8 Å². The number of hydrogen-bond donors (Lipinski definition) is 1. The standard InChI is InChI=1S/C15H19NO/c1-4-11-16-15(17)14(12(3)5-2)13-9-7-6-8-10-13/h1,6-10,12,14H,5,11H2,2-3H3,(H,16,17). The highest BCUT2D eigenvalue weighted by molar-refractivity contribution is 5.84. The average Bonchev–Trinajstić information content (AvgIpc) is 2.37. The molecule has 0 bridgehead atoms. The van der Waals surface area contributed by atoms with Crippen molar-refractivity contribution in [1.29, 1.82) is 0 Å². The maximum Gasteiger partial charge on any atom is 0.228 e. The van der Waals surface area contributed by atoms with Gasteiger partial charge in [0.15, 0.2) is 0 Å². The van der Waals surface area contributed by atoms with Crippen LogP contribution in [0.1, 0.15) is 31.7 Å². The van der Waals surface area contributed by atoms with Crippen molar-refractivity contribution in [3.63, 3.8) is 0 Å². The summed E-state index contributed by atoms with van der Waals surface area (Å²) in [7, 11) is 0. The summed E-state index contributed by atoms with van der Waals surface area (Å²) >= 11 is 0. The Balaban J connectivity index is 2.89. The third-order valence-electron chi connectivity index (χ3n) is 3.02. The van der Waals surface area contributed by atoms with Crippen LogP contribution in [0.25, 0.3) is 0 Å². The number of carbonyl (C=O) groups is 1. The van der Waals surface area contributed by atoms with Crippen LogP contribution >= 0.6 is 0 Å². The lowest BCUT2D eigenvalue weighted by Crippen LogP contribution is -2.32. The molecule has 0 heterocycles. The molecular weight excluding hydrogens is 210 g/mol. The molecule has 0 radical (unpaired) electrons. The topological polar surface area (TPSA) is 29.1 Å². The quantitative estimate of drug-likeness (QED) is 0.772. The van der Waals surface area contributed by atoms with Crippen LogP contribution in [-0.4, -0.2) is 12.5 Å². The summed E-state index contributed by atoms with van der Waals surface area (Å²) in [6, 6.07) is 9.85. The maximum atomic E-state index is 12.1. The Kier molecular flexibility index (Phi) is 5.29. The molecule has 2 unspecified atom stereocenters. The van der Waals surface area contributed by atoms with Gasteiger partial charge in [0.1, 0.15) is 0 Å². The van der Waals surface area contributed by atoms with Gasteiger partial charge in [-0.05, 0) is 11.5 Å². The Bertz CT molecular complexity index is 391. The van der Waals surface area contributed by atoms with Crippen molar-refractivity contribution in [3.05, 3.63) is 35.9 Å². The lowest BCUT2D eigenvalue weighted by molar-refractivity contribution is -0.123. The molecule has 90 valence electrons. The zero-order valence-corrected chi connectivity index (χ0v) is 10.4. The number of carbonyl (C=O) groups excluding carboxylic acids is 1. The molecule has 0 aromatic heterocycles. The van der Waals surface area contributed by atoms with E-state index >= 15 is 0 Å². The lowest BCUT2D eigenvalue weighted by atomic mass is 9.85. The monoisotopic (exact) mass is 229 g/mol. The Labute approximate surface area is 103 Å². The molecule has 0 spiro atoms. The number of amides is 1. The molecule has 1 aromatic rings. The number of rotatable bonds is 5. The largest absolute Gasteiger partial charge is 0.345 e. The van der Waals surface area contributed by atoms with E-state index in [0.29, 0.717) is 12.5 Å². The summed E-state index contributed by atoms with van der Waals surface area (Å²) in [6.07, 6.45) is 6.12. The van der Waals surface area contributed by atoms with Crippen LogP contribution in [0.2, 0.25) is 0 Å². The molecule has 0 aliphatic rings. The second kappa shape index (κ2) is 6.75. The first-order valence-electron chi connectivity index (χ1n) is 5.96. The molecule has 2 atom stereocenters. The Morgan fingerprint density at radius 2 is 2.06 bits per heavy atom. The van der Waals surface area contributed by atoms with Crippen LogP contribution < -0.4 is 5.32 Å². The third kappa shape index (κ3) is 3.64.